The van der Waals surface area contributed by atoms with Crippen molar-refractivity contribution in [2.45, 2.75) is 6.92 Å². The van der Waals surface area contributed by atoms with E-state index in [0.717, 1.165) is 15.6 Å². The van der Waals surface area contributed by atoms with Gasteiger partial charge in [0.15, 0.2) is 11.3 Å². The molecule has 0 aliphatic heterocycles. The first-order valence-electron chi connectivity index (χ1n) is 9.91. The number of rotatable bonds is 4. The maximum absolute atomic E-state index is 12.7. The van der Waals surface area contributed by atoms with Crippen LogP contribution in [0.3, 0.4) is 0 Å². The zero-order valence-electron chi connectivity index (χ0n) is 17.2. The van der Waals surface area contributed by atoms with E-state index in [1.807, 2.05) is 37.3 Å². The maximum atomic E-state index is 12.7. The molecule has 0 saturated heterocycles. The van der Waals surface area contributed by atoms with E-state index in [2.05, 4.69) is 26.2 Å². The highest BCUT2D eigenvalue weighted by Crippen LogP contribution is 2.33. The minimum Gasteiger partial charge on any atom is -0.451 e. The molecule has 0 unspecified atom stereocenters. The van der Waals surface area contributed by atoms with Crippen LogP contribution in [0.5, 0.6) is 0 Å². The lowest BCUT2D eigenvalue weighted by atomic mass is 10.1. The van der Waals surface area contributed by atoms with Crippen LogP contribution < -0.4 is 5.32 Å². The molecule has 0 spiro atoms. The molecule has 1 N–H and O–H groups in total. The molecule has 0 aliphatic carbocycles. The monoisotopic (exact) mass is 540 g/mol. The maximum Gasteiger partial charge on any atom is 0.291 e. The average Bonchev–Trinajstić information content (AvgIpc) is 3.44. The van der Waals surface area contributed by atoms with Gasteiger partial charge in [-0.1, -0.05) is 51.3 Å². The molecule has 0 radical (unpaired) electrons. The van der Waals surface area contributed by atoms with Gasteiger partial charge >= 0.3 is 0 Å². The van der Waals surface area contributed by atoms with Crippen LogP contribution in [0.2, 0.25) is 10.0 Å². The van der Waals surface area contributed by atoms with Gasteiger partial charge < -0.3 is 14.2 Å². The van der Waals surface area contributed by atoms with Gasteiger partial charge in [-0.25, -0.2) is 4.98 Å². The van der Waals surface area contributed by atoms with Gasteiger partial charge in [0.05, 0.1) is 10.6 Å². The number of carbonyl (C=O) groups is 1. The van der Waals surface area contributed by atoms with E-state index < -0.39 is 0 Å². The molecule has 8 heteroatoms. The van der Waals surface area contributed by atoms with E-state index in [0.29, 0.717) is 44.0 Å². The molecule has 0 atom stereocenters. The number of aryl methyl sites for hydroxylation is 1. The second-order valence-corrected chi connectivity index (χ2v) is 9.14. The number of benzene rings is 3. The molecule has 164 valence electrons. The number of hydrogen-bond donors (Lipinski definition) is 1. The third-order valence-electron chi connectivity index (χ3n) is 5.09. The molecule has 0 saturated carbocycles. The third kappa shape index (κ3) is 4.42. The van der Waals surface area contributed by atoms with Crippen LogP contribution in [0.15, 0.2) is 80.0 Å². The van der Waals surface area contributed by atoms with Crippen LogP contribution in [0.25, 0.3) is 33.9 Å². The zero-order valence-corrected chi connectivity index (χ0v) is 20.3. The van der Waals surface area contributed by atoms with E-state index in [1.54, 1.807) is 36.4 Å². The second-order valence-electron chi connectivity index (χ2n) is 7.41. The molecule has 5 nitrogen and oxygen atoms in total. The summed E-state index contributed by atoms with van der Waals surface area (Å²) in [5.41, 5.74) is 4.17. The van der Waals surface area contributed by atoms with Crippen LogP contribution in [0, 0.1) is 6.92 Å². The number of anilines is 1. The Kier molecular flexibility index (Phi) is 5.74. The Labute approximate surface area is 207 Å². The van der Waals surface area contributed by atoms with Gasteiger partial charge in [0.25, 0.3) is 5.91 Å². The van der Waals surface area contributed by atoms with Crippen molar-refractivity contribution in [3.63, 3.8) is 0 Å². The first kappa shape index (κ1) is 21.8. The van der Waals surface area contributed by atoms with Gasteiger partial charge in [-0.3, -0.25) is 4.79 Å². The number of nitrogens with one attached hydrogen (secondary N) is 1. The van der Waals surface area contributed by atoms with Crippen molar-refractivity contribution < 1.29 is 13.6 Å². The van der Waals surface area contributed by atoms with Crippen molar-refractivity contribution in [3.8, 4) is 22.8 Å². The lowest BCUT2D eigenvalue weighted by Gasteiger charge is -2.03. The van der Waals surface area contributed by atoms with Gasteiger partial charge in [-0.15, -0.1) is 0 Å². The molecule has 5 rings (SSSR count). The van der Waals surface area contributed by atoms with Crippen LogP contribution in [0.4, 0.5) is 5.69 Å². The Bertz CT molecular complexity index is 1520. The fraction of sp³-hybridized carbons (Fsp3) is 0.0400. The molecule has 33 heavy (non-hydrogen) atoms. The summed E-state index contributed by atoms with van der Waals surface area (Å²) in [6.45, 7) is 1.93. The lowest BCUT2D eigenvalue weighted by molar-refractivity contribution is 0.0997. The van der Waals surface area contributed by atoms with Crippen molar-refractivity contribution in [1.82, 2.24) is 4.98 Å². The summed E-state index contributed by atoms with van der Waals surface area (Å²) in [7, 11) is 0. The Morgan fingerprint density at radius 3 is 2.61 bits per heavy atom. The predicted octanol–water partition coefficient (Wildman–Crippen LogP) is 8.38. The first-order valence-corrected chi connectivity index (χ1v) is 11.5. The van der Waals surface area contributed by atoms with Crippen molar-refractivity contribution in [3.05, 3.63) is 92.6 Å². The van der Waals surface area contributed by atoms with Gasteiger partial charge in [0.2, 0.25) is 5.89 Å². The molecule has 5 aromatic rings. The number of oxazole rings is 1. The number of nitrogens with zero attached hydrogens (tertiary/aromatic N) is 1. The molecule has 1 amide bonds. The summed E-state index contributed by atoms with van der Waals surface area (Å²) in [4.78, 5) is 17.3. The molecular formula is C25H15BrCl2N2O3. The summed E-state index contributed by atoms with van der Waals surface area (Å²) in [6, 6.07) is 19.6. The smallest absolute Gasteiger partial charge is 0.291 e. The van der Waals surface area contributed by atoms with Crippen LogP contribution >= 0.6 is 39.1 Å². The SMILES string of the molecule is Cc1ccc(-c2ccc(C(=O)Nc3ccc4oc(-c5cc(Br)ccc5Cl)nc4c3)o2)cc1Cl. The zero-order chi connectivity index (χ0) is 23.1. The van der Waals surface area contributed by atoms with E-state index in [-0.39, 0.29) is 11.7 Å². The van der Waals surface area contributed by atoms with Crippen LogP contribution in [0.1, 0.15) is 16.1 Å². The topological polar surface area (TPSA) is 68.3 Å². The predicted molar refractivity (Wildman–Crippen MR) is 134 cm³/mol. The molecule has 0 fully saturated rings. The van der Waals surface area contributed by atoms with Crippen LogP contribution in [-0.4, -0.2) is 10.9 Å². The molecule has 3 aromatic carbocycles. The third-order valence-corrected chi connectivity index (χ3v) is 6.32. The molecule has 0 aliphatic rings. The largest absolute Gasteiger partial charge is 0.451 e. The highest BCUT2D eigenvalue weighted by Gasteiger charge is 2.16. The summed E-state index contributed by atoms with van der Waals surface area (Å²) in [5, 5.41) is 4.00. The fourth-order valence-corrected chi connectivity index (χ4v) is 4.08. The number of carbonyl (C=O) groups excluding carboxylic acids is 1. The number of amides is 1. The Morgan fingerprint density at radius 1 is 0.939 bits per heavy atom. The Balaban J connectivity index is 1.38. The Hall–Kier alpha value is -3.06. The van der Waals surface area contributed by atoms with E-state index in [1.165, 1.54) is 0 Å². The van der Waals surface area contributed by atoms with Gasteiger partial charge in [-0.2, -0.15) is 0 Å². The molecular weight excluding hydrogens is 527 g/mol. The quantitative estimate of drug-likeness (QED) is 0.248. The summed E-state index contributed by atoms with van der Waals surface area (Å²) in [5.74, 6) is 0.762. The van der Waals surface area contributed by atoms with Gasteiger partial charge in [0.1, 0.15) is 11.3 Å². The van der Waals surface area contributed by atoms with E-state index in [9.17, 15) is 4.79 Å². The fourth-order valence-electron chi connectivity index (χ4n) is 3.34. The minimum absolute atomic E-state index is 0.184. The number of furan rings is 1. The van der Waals surface area contributed by atoms with Gasteiger partial charge in [0, 0.05) is 20.7 Å². The van der Waals surface area contributed by atoms with Crippen LogP contribution in [-0.2, 0) is 0 Å². The van der Waals surface area contributed by atoms with Gasteiger partial charge in [-0.05, 0) is 67.1 Å². The average molecular weight is 542 g/mol. The van der Waals surface area contributed by atoms with Crippen molar-refractivity contribution in [1.29, 1.82) is 0 Å². The van der Waals surface area contributed by atoms with Crippen molar-refractivity contribution in [2.24, 2.45) is 0 Å². The number of halogens is 3. The minimum atomic E-state index is -0.377. The van der Waals surface area contributed by atoms with E-state index in [4.69, 9.17) is 32.0 Å². The summed E-state index contributed by atoms with van der Waals surface area (Å²) < 4.78 is 12.5. The standard InChI is InChI=1S/C25H15BrCl2N2O3/c1-13-2-3-14(10-19(13)28)21-8-9-23(32-21)24(31)29-16-5-7-22-20(12-16)30-25(33-22)17-11-15(26)4-6-18(17)27/h2-12H,1H3,(H,29,31). The highest BCUT2D eigenvalue weighted by molar-refractivity contribution is 9.10. The number of aromatic nitrogens is 1. The summed E-state index contributed by atoms with van der Waals surface area (Å²) >= 11 is 15.9. The first-order chi connectivity index (χ1) is 15.9. The number of hydrogen-bond acceptors (Lipinski definition) is 4. The highest BCUT2D eigenvalue weighted by atomic mass is 79.9. The normalized spacial score (nSPS) is 11.2. The Morgan fingerprint density at radius 2 is 1.79 bits per heavy atom. The molecule has 2 heterocycles. The summed E-state index contributed by atoms with van der Waals surface area (Å²) in [6.07, 6.45) is 0. The van der Waals surface area contributed by atoms with Crippen molar-refractivity contribution in [2.75, 3.05) is 5.32 Å². The molecule has 0 bridgehead atoms. The van der Waals surface area contributed by atoms with E-state index >= 15 is 0 Å². The van der Waals surface area contributed by atoms with Crippen molar-refractivity contribution >= 4 is 61.8 Å². The lowest BCUT2D eigenvalue weighted by Crippen LogP contribution is -2.10. The molecule has 2 aromatic heterocycles. The number of fused-ring (bicyclic) bond motifs is 1. The second kappa shape index (κ2) is 8.71.